The molecule has 0 bridgehead atoms. The maximum absolute atomic E-state index is 12.3. The van der Waals surface area contributed by atoms with E-state index in [-0.39, 0.29) is 5.75 Å². The van der Waals surface area contributed by atoms with Crippen molar-refractivity contribution in [3.8, 4) is 5.75 Å². The summed E-state index contributed by atoms with van der Waals surface area (Å²) in [5, 5.41) is 0. The van der Waals surface area contributed by atoms with Crippen molar-refractivity contribution in [2.45, 2.75) is 103 Å². The molecular weight excluding hydrogens is 397 g/mol. The van der Waals surface area contributed by atoms with Gasteiger partial charge in [-0.25, -0.2) is 0 Å². The van der Waals surface area contributed by atoms with Crippen molar-refractivity contribution in [2.24, 2.45) is 17.8 Å². The molecule has 0 saturated heterocycles. The molecule has 174 valence electrons. The van der Waals surface area contributed by atoms with Crippen LogP contribution in [0.4, 0.5) is 13.2 Å². The summed E-state index contributed by atoms with van der Waals surface area (Å²) in [6.07, 6.45) is 12.2. The molecule has 0 atom stereocenters. The molecule has 2 fully saturated rings. The van der Waals surface area contributed by atoms with Crippen molar-refractivity contribution in [1.82, 2.24) is 0 Å². The van der Waals surface area contributed by atoms with E-state index in [4.69, 9.17) is 0 Å². The maximum Gasteiger partial charge on any atom is 0.573 e. The molecule has 2 aliphatic carbocycles. The Morgan fingerprint density at radius 2 is 1.32 bits per heavy atom. The summed E-state index contributed by atoms with van der Waals surface area (Å²) in [6, 6.07) is 6.51. The summed E-state index contributed by atoms with van der Waals surface area (Å²) in [4.78, 5) is 0. The molecule has 0 heterocycles. The molecule has 1 nitrogen and oxygen atoms in total. The summed E-state index contributed by atoms with van der Waals surface area (Å²) in [7, 11) is 0. The van der Waals surface area contributed by atoms with Crippen molar-refractivity contribution < 1.29 is 17.9 Å². The lowest BCUT2D eigenvalue weighted by atomic mass is 9.74. The number of rotatable bonds is 9. The van der Waals surface area contributed by atoms with Gasteiger partial charge in [-0.2, -0.15) is 0 Å². The average molecular weight is 437 g/mol. The first-order valence-corrected chi connectivity index (χ1v) is 12.3. The van der Waals surface area contributed by atoms with Crippen LogP contribution in [0.1, 0.15) is 102 Å². The molecule has 0 aromatic heterocycles. The van der Waals surface area contributed by atoms with Gasteiger partial charge in [0.15, 0.2) is 0 Å². The Bertz CT molecular complexity index is 663. The van der Waals surface area contributed by atoms with Crippen molar-refractivity contribution in [2.75, 3.05) is 0 Å². The Balaban J connectivity index is 1.32. The summed E-state index contributed by atoms with van der Waals surface area (Å²) in [5.74, 6) is 3.02. The van der Waals surface area contributed by atoms with Gasteiger partial charge in [-0.1, -0.05) is 69.7 Å². The van der Waals surface area contributed by atoms with E-state index >= 15 is 0 Å². The number of hydrogen-bond acceptors (Lipinski definition) is 1. The Kier molecular flexibility index (Phi) is 8.92. The van der Waals surface area contributed by atoms with Gasteiger partial charge in [-0.15, -0.1) is 13.2 Å². The fourth-order valence-electron chi connectivity index (χ4n) is 5.59. The Morgan fingerprint density at radius 3 is 1.81 bits per heavy atom. The van der Waals surface area contributed by atoms with E-state index < -0.39 is 6.36 Å². The standard InChI is InChI=1S/C27H39F3O/c1-3-20(2)4-5-21-6-8-22(9-7-21)10-11-23-12-14-24(15-13-23)25-16-18-26(19-17-25)31-27(28,29)30/h16-19,21-24H,2-15H2,1H3. The van der Waals surface area contributed by atoms with Crippen LogP contribution in [0.5, 0.6) is 5.75 Å². The van der Waals surface area contributed by atoms with Gasteiger partial charge >= 0.3 is 6.36 Å². The number of benzene rings is 1. The van der Waals surface area contributed by atoms with Gasteiger partial charge < -0.3 is 4.74 Å². The minimum atomic E-state index is -4.62. The molecule has 31 heavy (non-hydrogen) atoms. The SMILES string of the molecule is C=C(CC)CCC1CCC(CCC2CCC(c3ccc(OC(F)(F)F)cc3)CC2)CC1. The van der Waals surface area contributed by atoms with Crippen LogP contribution in [0.2, 0.25) is 0 Å². The first kappa shape index (κ1) is 24.2. The molecular formula is C27H39F3O. The zero-order valence-corrected chi connectivity index (χ0v) is 19.1. The van der Waals surface area contributed by atoms with E-state index in [2.05, 4.69) is 18.2 Å². The van der Waals surface area contributed by atoms with Crippen LogP contribution in [0, 0.1) is 17.8 Å². The van der Waals surface area contributed by atoms with Crippen LogP contribution in [0.15, 0.2) is 36.4 Å². The Labute approximate surface area is 186 Å². The van der Waals surface area contributed by atoms with E-state index in [1.165, 1.54) is 81.9 Å². The zero-order chi connectivity index (χ0) is 22.3. The number of ether oxygens (including phenoxy) is 1. The topological polar surface area (TPSA) is 9.23 Å². The van der Waals surface area contributed by atoms with Crippen LogP contribution in [-0.4, -0.2) is 6.36 Å². The van der Waals surface area contributed by atoms with Gasteiger partial charge in [0.2, 0.25) is 0 Å². The third-order valence-electron chi connectivity index (χ3n) is 7.79. The molecule has 4 heteroatoms. The highest BCUT2D eigenvalue weighted by Gasteiger charge is 2.31. The molecule has 0 N–H and O–H groups in total. The van der Waals surface area contributed by atoms with E-state index in [0.717, 1.165) is 42.6 Å². The second-order valence-electron chi connectivity index (χ2n) is 9.94. The molecule has 0 radical (unpaired) electrons. The normalized spacial score (nSPS) is 27.1. The summed E-state index contributed by atoms with van der Waals surface area (Å²) in [5.41, 5.74) is 2.56. The largest absolute Gasteiger partial charge is 0.573 e. The number of halogens is 3. The van der Waals surface area contributed by atoms with Crippen LogP contribution < -0.4 is 4.74 Å². The van der Waals surface area contributed by atoms with Crippen LogP contribution in [0.3, 0.4) is 0 Å². The molecule has 2 aliphatic rings. The quantitative estimate of drug-likeness (QED) is 0.351. The van der Waals surface area contributed by atoms with Crippen LogP contribution in [0.25, 0.3) is 0 Å². The lowest BCUT2D eigenvalue weighted by molar-refractivity contribution is -0.274. The summed E-state index contributed by atoms with van der Waals surface area (Å²) in [6.45, 7) is 6.35. The predicted octanol–water partition coefficient (Wildman–Crippen LogP) is 9.19. The predicted molar refractivity (Wildman–Crippen MR) is 121 cm³/mol. The minimum absolute atomic E-state index is 0.130. The van der Waals surface area contributed by atoms with Crippen molar-refractivity contribution in [3.63, 3.8) is 0 Å². The highest BCUT2D eigenvalue weighted by Crippen LogP contribution is 2.40. The zero-order valence-electron chi connectivity index (χ0n) is 19.1. The lowest BCUT2D eigenvalue weighted by Gasteiger charge is -2.32. The molecule has 1 aromatic carbocycles. The highest BCUT2D eigenvalue weighted by atomic mass is 19.4. The van der Waals surface area contributed by atoms with Gasteiger partial charge in [0, 0.05) is 0 Å². The summed E-state index contributed by atoms with van der Waals surface area (Å²) < 4.78 is 40.9. The van der Waals surface area contributed by atoms with E-state index in [0.29, 0.717) is 5.92 Å². The van der Waals surface area contributed by atoms with Gasteiger partial charge in [0.25, 0.3) is 0 Å². The van der Waals surface area contributed by atoms with Gasteiger partial charge in [0.1, 0.15) is 5.75 Å². The maximum atomic E-state index is 12.3. The molecule has 1 aromatic rings. The van der Waals surface area contributed by atoms with Crippen LogP contribution >= 0.6 is 0 Å². The molecule has 0 spiro atoms. The second kappa shape index (κ2) is 11.4. The van der Waals surface area contributed by atoms with Crippen molar-refractivity contribution in [3.05, 3.63) is 42.0 Å². The number of allylic oxidation sites excluding steroid dienone is 1. The minimum Gasteiger partial charge on any atom is -0.406 e. The fourth-order valence-corrected chi connectivity index (χ4v) is 5.59. The van der Waals surface area contributed by atoms with E-state index in [1.54, 1.807) is 12.1 Å². The molecule has 0 unspecified atom stereocenters. The van der Waals surface area contributed by atoms with E-state index in [1.807, 2.05) is 0 Å². The Hall–Kier alpha value is -1.45. The van der Waals surface area contributed by atoms with Gasteiger partial charge in [-0.3, -0.25) is 0 Å². The van der Waals surface area contributed by atoms with Crippen molar-refractivity contribution in [1.29, 1.82) is 0 Å². The van der Waals surface area contributed by atoms with Gasteiger partial charge in [0.05, 0.1) is 0 Å². The van der Waals surface area contributed by atoms with Crippen molar-refractivity contribution >= 4 is 0 Å². The van der Waals surface area contributed by atoms with Crippen LogP contribution in [-0.2, 0) is 0 Å². The van der Waals surface area contributed by atoms with E-state index in [9.17, 15) is 13.2 Å². The summed E-state index contributed by atoms with van der Waals surface area (Å²) >= 11 is 0. The fraction of sp³-hybridized carbons (Fsp3) is 0.704. The molecule has 0 aliphatic heterocycles. The average Bonchev–Trinajstić information content (AvgIpc) is 2.76. The first-order valence-electron chi connectivity index (χ1n) is 12.3. The third-order valence-corrected chi connectivity index (χ3v) is 7.79. The Morgan fingerprint density at radius 1 is 0.839 bits per heavy atom. The molecule has 2 saturated carbocycles. The highest BCUT2D eigenvalue weighted by molar-refractivity contribution is 5.29. The monoisotopic (exact) mass is 436 g/mol. The number of hydrogen-bond donors (Lipinski definition) is 0. The first-order chi connectivity index (χ1) is 14.8. The third kappa shape index (κ3) is 8.20. The molecule has 0 amide bonds. The number of alkyl halides is 3. The lowest BCUT2D eigenvalue weighted by Crippen LogP contribution is -2.18. The molecule has 3 rings (SSSR count). The van der Waals surface area contributed by atoms with Gasteiger partial charge in [-0.05, 0) is 86.3 Å². The second-order valence-corrected chi connectivity index (χ2v) is 9.94. The smallest absolute Gasteiger partial charge is 0.406 e.